The predicted octanol–water partition coefficient (Wildman–Crippen LogP) is 6.77. The topological polar surface area (TPSA) is 27.1 Å². The van der Waals surface area contributed by atoms with E-state index in [2.05, 4.69) is 82.7 Å². The van der Waals surface area contributed by atoms with Gasteiger partial charge in [-0.15, -0.1) is 12.4 Å². The van der Waals surface area contributed by atoms with E-state index in [1.54, 1.807) is 0 Å². The number of halogens is 2. The fraction of sp³-hybridized carbons (Fsp3) is 0.208. The molecule has 0 N–H and O–H groups in total. The molecule has 4 rings (SSSR count). The Balaban J connectivity index is 0.00000240. The summed E-state index contributed by atoms with van der Waals surface area (Å²) in [6.07, 6.45) is 1.84. The molecule has 0 fully saturated rings. The van der Waals surface area contributed by atoms with E-state index < -0.39 is 0 Å². The van der Waals surface area contributed by atoms with Gasteiger partial charge in [0.25, 0.3) is 0 Å². The van der Waals surface area contributed by atoms with E-state index in [0.29, 0.717) is 6.61 Å². The molecule has 29 heavy (non-hydrogen) atoms. The van der Waals surface area contributed by atoms with Gasteiger partial charge in [0.2, 0.25) is 0 Å². The number of hydrogen-bond acceptors (Lipinski definition) is 2. The summed E-state index contributed by atoms with van der Waals surface area (Å²) < 4.78 is 9.63. The molecular weight excluding hydrogens is 448 g/mol. The highest BCUT2D eigenvalue weighted by Crippen LogP contribution is 2.32. The first-order valence-corrected chi connectivity index (χ1v) is 10.2. The highest BCUT2D eigenvalue weighted by molar-refractivity contribution is 9.10. The Labute approximate surface area is 186 Å². The minimum atomic E-state index is 0. The molecule has 0 amide bonds. The van der Waals surface area contributed by atoms with Crippen molar-refractivity contribution >= 4 is 39.4 Å². The van der Waals surface area contributed by atoms with Crippen LogP contribution in [0.25, 0.3) is 11.0 Å². The number of nitrogens with zero attached hydrogens (tertiary/aromatic N) is 2. The maximum atomic E-state index is 6.24. The van der Waals surface area contributed by atoms with Gasteiger partial charge in [-0.05, 0) is 49.6 Å². The van der Waals surface area contributed by atoms with Crippen LogP contribution in [0.2, 0.25) is 0 Å². The maximum Gasteiger partial charge on any atom is 0.147 e. The van der Waals surface area contributed by atoms with Gasteiger partial charge in [-0.2, -0.15) is 0 Å². The van der Waals surface area contributed by atoms with E-state index in [1.807, 2.05) is 24.4 Å². The monoisotopic (exact) mass is 470 g/mol. The van der Waals surface area contributed by atoms with Crippen LogP contribution in [0.3, 0.4) is 0 Å². The maximum absolute atomic E-state index is 6.24. The second-order valence-corrected chi connectivity index (χ2v) is 8.12. The fourth-order valence-electron chi connectivity index (χ4n) is 3.56. The fourth-order valence-corrected chi connectivity index (χ4v) is 3.83. The molecule has 0 aliphatic heterocycles. The molecule has 0 aliphatic carbocycles. The van der Waals surface area contributed by atoms with Crippen LogP contribution in [0, 0.1) is 20.8 Å². The normalized spacial score (nSPS) is 10.8. The van der Waals surface area contributed by atoms with Crippen LogP contribution in [0.5, 0.6) is 5.75 Å². The highest BCUT2D eigenvalue weighted by atomic mass is 79.9. The SMILES string of the molecule is Cc1cccc(Cn2c(C)c(C)c3nccc(OCc4ccc(Br)cc4)c32)c1.Cl. The largest absolute Gasteiger partial charge is 0.487 e. The molecule has 0 saturated heterocycles. The first-order valence-electron chi connectivity index (χ1n) is 9.40. The lowest BCUT2D eigenvalue weighted by Gasteiger charge is -2.13. The minimum Gasteiger partial charge on any atom is -0.487 e. The van der Waals surface area contributed by atoms with Gasteiger partial charge >= 0.3 is 0 Å². The van der Waals surface area contributed by atoms with Crippen molar-refractivity contribution in [3.05, 3.63) is 93.2 Å². The number of fused-ring (bicyclic) bond motifs is 1. The quantitative estimate of drug-likeness (QED) is 0.321. The molecule has 150 valence electrons. The van der Waals surface area contributed by atoms with Gasteiger partial charge in [0, 0.05) is 29.0 Å². The van der Waals surface area contributed by atoms with E-state index in [4.69, 9.17) is 4.74 Å². The number of benzene rings is 2. The molecule has 0 radical (unpaired) electrons. The minimum absolute atomic E-state index is 0. The van der Waals surface area contributed by atoms with Crippen LogP contribution in [0.4, 0.5) is 0 Å². The van der Waals surface area contributed by atoms with Gasteiger partial charge in [0.1, 0.15) is 17.9 Å². The zero-order valence-corrected chi connectivity index (χ0v) is 19.2. The van der Waals surface area contributed by atoms with Crippen molar-refractivity contribution in [2.45, 2.75) is 33.9 Å². The third-order valence-electron chi connectivity index (χ3n) is 5.19. The number of rotatable bonds is 5. The first kappa shape index (κ1) is 21.4. The van der Waals surface area contributed by atoms with Crippen LogP contribution in [-0.2, 0) is 13.2 Å². The number of ether oxygens (including phenoxy) is 1. The molecule has 0 unspecified atom stereocenters. The first-order chi connectivity index (χ1) is 13.5. The number of aryl methyl sites for hydroxylation is 2. The summed E-state index contributed by atoms with van der Waals surface area (Å²) in [7, 11) is 0. The van der Waals surface area contributed by atoms with Crippen molar-refractivity contribution in [1.29, 1.82) is 0 Å². The molecule has 0 atom stereocenters. The van der Waals surface area contributed by atoms with Crippen molar-refractivity contribution < 1.29 is 4.74 Å². The third kappa shape index (κ3) is 4.49. The van der Waals surface area contributed by atoms with E-state index in [1.165, 1.54) is 22.4 Å². The van der Waals surface area contributed by atoms with Crippen LogP contribution in [0.1, 0.15) is 27.9 Å². The molecule has 2 heterocycles. The van der Waals surface area contributed by atoms with Crippen molar-refractivity contribution in [2.75, 3.05) is 0 Å². The standard InChI is InChI=1S/C24H23BrN2O.ClH/c1-16-5-4-6-20(13-16)14-27-18(3)17(2)23-24(27)22(11-12-26-23)28-15-19-7-9-21(25)10-8-19;/h4-13H,14-15H2,1-3H3;1H. The lowest BCUT2D eigenvalue weighted by molar-refractivity contribution is 0.308. The lowest BCUT2D eigenvalue weighted by atomic mass is 10.1. The van der Waals surface area contributed by atoms with Crippen molar-refractivity contribution in [1.82, 2.24) is 9.55 Å². The van der Waals surface area contributed by atoms with Crippen molar-refractivity contribution in [3.63, 3.8) is 0 Å². The predicted molar refractivity (Wildman–Crippen MR) is 125 cm³/mol. The molecule has 4 aromatic rings. The van der Waals surface area contributed by atoms with Crippen LogP contribution >= 0.6 is 28.3 Å². The summed E-state index contributed by atoms with van der Waals surface area (Å²) in [6.45, 7) is 7.75. The van der Waals surface area contributed by atoms with Crippen LogP contribution in [0.15, 0.2) is 65.3 Å². The molecule has 5 heteroatoms. The Morgan fingerprint density at radius 2 is 1.72 bits per heavy atom. The zero-order chi connectivity index (χ0) is 19.7. The van der Waals surface area contributed by atoms with Gasteiger partial charge in [-0.1, -0.05) is 57.9 Å². The van der Waals surface area contributed by atoms with Gasteiger partial charge in [-0.3, -0.25) is 4.98 Å². The molecule has 2 aromatic heterocycles. The second-order valence-electron chi connectivity index (χ2n) is 7.21. The zero-order valence-electron chi connectivity index (χ0n) is 16.8. The molecule has 0 bridgehead atoms. The Kier molecular flexibility index (Phi) is 6.66. The Morgan fingerprint density at radius 3 is 2.45 bits per heavy atom. The number of hydrogen-bond donors (Lipinski definition) is 0. The Bertz CT molecular complexity index is 1140. The molecule has 0 saturated carbocycles. The average molecular weight is 472 g/mol. The average Bonchev–Trinajstić information content (AvgIpc) is 2.93. The molecule has 2 aromatic carbocycles. The second kappa shape index (κ2) is 9.02. The molecule has 0 spiro atoms. The van der Waals surface area contributed by atoms with Crippen LogP contribution < -0.4 is 4.74 Å². The summed E-state index contributed by atoms with van der Waals surface area (Å²) in [6, 6.07) is 18.8. The van der Waals surface area contributed by atoms with E-state index in [-0.39, 0.29) is 12.4 Å². The Morgan fingerprint density at radius 1 is 0.966 bits per heavy atom. The van der Waals surface area contributed by atoms with Crippen molar-refractivity contribution in [3.8, 4) is 5.75 Å². The third-order valence-corrected chi connectivity index (χ3v) is 5.72. The summed E-state index contributed by atoms with van der Waals surface area (Å²) in [5.41, 5.74) is 8.20. The number of pyridine rings is 1. The number of aromatic nitrogens is 2. The van der Waals surface area contributed by atoms with Crippen molar-refractivity contribution in [2.24, 2.45) is 0 Å². The van der Waals surface area contributed by atoms with Gasteiger partial charge in [0.05, 0.1) is 5.52 Å². The summed E-state index contributed by atoms with van der Waals surface area (Å²) in [4.78, 5) is 4.64. The van der Waals surface area contributed by atoms with Crippen LogP contribution in [-0.4, -0.2) is 9.55 Å². The van der Waals surface area contributed by atoms with Gasteiger partial charge in [-0.25, -0.2) is 0 Å². The van der Waals surface area contributed by atoms with E-state index in [9.17, 15) is 0 Å². The lowest BCUT2D eigenvalue weighted by Crippen LogP contribution is -2.04. The molecule has 3 nitrogen and oxygen atoms in total. The molecule has 0 aliphatic rings. The molecular formula is C24H24BrClN2O. The highest BCUT2D eigenvalue weighted by Gasteiger charge is 2.17. The van der Waals surface area contributed by atoms with E-state index in [0.717, 1.165) is 33.4 Å². The van der Waals surface area contributed by atoms with Gasteiger partial charge < -0.3 is 9.30 Å². The van der Waals surface area contributed by atoms with E-state index >= 15 is 0 Å². The Hall–Kier alpha value is -2.30. The summed E-state index contributed by atoms with van der Waals surface area (Å²) in [5, 5.41) is 0. The van der Waals surface area contributed by atoms with Gasteiger partial charge in [0.15, 0.2) is 0 Å². The summed E-state index contributed by atoms with van der Waals surface area (Å²) >= 11 is 3.48. The summed E-state index contributed by atoms with van der Waals surface area (Å²) in [5.74, 6) is 0.872. The smallest absolute Gasteiger partial charge is 0.147 e.